The van der Waals surface area contributed by atoms with Crippen molar-refractivity contribution in [3.8, 4) is 17.4 Å². The normalized spacial score (nSPS) is 11.7. The first-order chi connectivity index (χ1) is 13.9. The van der Waals surface area contributed by atoms with Crippen LogP contribution in [-0.2, 0) is 17.5 Å². The van der Waals surface area contributed by atoms with E-state index in [-0.39, 0.29) is 29.2 Å². The highest BCUT2D eigenvalue weighted by Crippen LogP contribution is 2.32. The van der Waals surface area contributed by atoms with Crippen LogP contribution < -0.4 is 5.32 Å². The average Bonchev–Trinajstić information content (AvgIpc) is 3.19. The van der Waals surface area contributed by atoms with E-state index in [0.717, 1.165) is 17.7 Å². The number of benzene rings is 2. The van der Waals surface area contributed by atoms with E-state index in [0.29, 0.717) is 0 Å². The smallest absolute Gasteiger partial charge is 0.416 e. The van der Waals surface area contributed by atoms with Gasteiger partial charge in [0.05, 0.1) is 5.56 Å². The van der Waals surface area contributed by atoms with Crippen molar-refractivity contribution in [3.05, 3.63) is 89.2 Å². The molecule has 2 aromatic carbocycles. The molecule has 1 N–H and O–H groups in total. The van der Waals surface area contributed by atoms with Crippen LogP contribution in [0.4, 0.5) is 13.2 Å². The lowest BCUT2D eigenvalue weighted by atomic mass is 10.1. The number of nitriles is 1. The zero-order chi connectivity index (χ0) is 20.9. The van der Waals surface area contributed by atoms with Gasteiger partial charge in [0.1, 0.15) is 23.2 Å². The number of nitrogens with zero attached hydrogens (tertiary/aromatic N) is 1. The van der Waals surface area contributed by atoms with Gasteiger partial charge in [-0.15, -0.1) is 0 Å². The summed E-state index contributed by atoms with van der Waals surface area (Å²) in [4.78, 5) is 12.2. The first-order valence-corrected chi connectivity index (χ1v) is 8.58. The lowest BCUT2D eigenvalue weighted by Gasteiger charge is -2.07. The van der Waals surface area contributed by atoms with Crippen LogP contribution in [-0.4, -0.2) is 5.91 Å². The Hall–Kier alpha value is -3.79. The molecule has 0 aliphatic carbocycles. The van der Waals surface area contributed by atoms with Crippen molar-refractivity contribution in [1.29, 1.82) is 5.26 Å². The molecule has 7 heteroatoms. The number of carbonyl (C=O) groups is 1. The summed E-state index contributed by atoms with van der Waals surface area (Å²) in [5.74, 6) is -0.193. The molecular formula is C22H15F3N2O2. The highest BCUT2D eigenvalue weighted by atomic mass is 19.4. The second-order valence-corrected chi connectivity index (χ2v) is 6.12. The van der Waals surface area contributed by atoms with Crippen molar-refractivity contribution in [2.45, 2.75) is 12.7 Å². The Labute approximate surface area is 164 Å². The van der Waals surface area contributed by atoms with Gasteiger partial charge >= 0.3 is 6.18 Å². The average molecular weight is 396 g/mol. The maximum absolute atomic E-state index is 12.9. The van der Waals surface area contributed by atoms with Crippen molar-refractivity contribution in [3.63, 3.8) is 0 Å². The fraction of sp³-hybridized carbons (Fsp3) is 0.0909. The van der Waals surface area contributed by atoms with Crippen LogP contribution in [0.5, 0.6) is 0 Å². The molecule has 29 heavy (non-hydrogen) atoms. The first-order valence-electron chi connectivity index (χ1n) is 8.58. The number of amides is 1. The van der Waals surface area contributed by atoms with Crippen LogP contribution in [0.15, 0.2) is 76.7 Å². The molecule has 146 valence electrons. The number of alkyl halides is 3. The molecule has 0 atom stereocenters. The summed E-state index contributed by atoms with van der Waals surface area (Å²) < 4.78 is 44.1. The molecule has 0 radical (unpaired) electrons. The predicted octanol–water partition coefficient (Wildman–Crippen LogP) is 5.19. The fourth-order valence-electron chi connectivity index (χ4n) is 2.60. The summed E-state index contributed by atoms with van der Waals surface area (Å²) in [6.45, 7) is 0.256. The molecule has 1 aromatic heterocycles. The molecule has 3 aromatic rings. The number of halogens is 3. The third-order valence-corrected chi connectivity index (χ3v) is 4.05. The Kier molecular flexibility index (Phi) is 5.84. The van der Waals surface area contributed by atoms with Gasteiger partial charge in [-0.2, -0.15) is 18.4 Å². The molecule has 1 heterocycles. The fourth-order valence-corrected chi connectivity index (χ4v) is 2.60. The minimum absolute atomic E-state index is 0.175. The molecule has 0 saturated heterocycles. The van der Waals surface area contributed by atoms with E-state index >= 15 is 0 Å². The second-order valence-electron chi connectivity index (χ2n) is 6.12. The third-order valence-electron chi connectivity index (χ3n) is 4.05. The van der Waals surface area contributed by atoms with Crippen molar-refractivity contribution < 1.29 is 22.4 Å². The van der Waals surface area contributed by atoms with E-state index in [1.54, 1.807) is 6.07 Å². The molecule has 4 nitrogen and oxygen atoms in total. The summed E-state index contributed by atoms with van der Waals surface area (Å²) in [6.07, 6.45) is -3.21. The Morgan fingerprint density at radius 1 is 1.07 bits per heavy atom. The summed E-state index contributed by atoms with van der Waals surface area (Å²) in [5.41, 5.74) is 0.154. The quantitative estimate of drug-likeness (QED) is 0.477. The van der Waals surface area contributed by atoms with E-state index in [2.05, 4.69) is 5.32 Å². The van der Waals surface area contributed by atoms with Gasteiger partial charge in [0, 0.05) is 18.2 Å². The number of hydrogen-bond acceptors (Lipinski definition) is 3. The summed E-state index contributed by atoms with van der Waals surface area (Å²) in [5, 5.41) is 11.9. The molecule has 0 aliphatic heterocycles. The van der Waals surface area contributed by atoms with E-state index in [9.17, 15) is 23.2 Å². The molecule has 1 amide bonds. The van der Waals surface area contributed by atoms with Gasteiger partial charge in [-0.25, -0.2) is 0 Å². The number of hydrogen-bond donors (Lipinski definition) is 1. The van der Waals surface area contributed by atoms with Gasteiger partial charge in [-0.1, -0.05) is 42.5 Å². The molecule has 0 fully saturated rings. The van der Waals surface area contributed by atoms with E-state index in [4.69, 9.17) is 4.42 Å². The van der Waals surface area contributed by atoms with Crippen LogP contribution in [0.3, 0.4) is 0 Å². The Morgan fingerprint density at radius 3 is 2.52 bits per heavy atom. The monoisotopic (exact) mass is 396 g/mol. The SMILES string of the molecule is N#CC(=Cc1ccc(-c2cccc(C(F)(F)F)c2)o1)C(=O)NCc1ccccc1. The van der Waals surface area contributed by atoms with Crippen molar-refractivity contribution in [2.75, 3.05) is 0 Å². The minimum Gasteiger partial charge on any atom is -0.457 e. The Morgan fingerprint density at radius 2 is 1.83 bits per heavy atom. The molecule has 0 unspecified atom stereocenters. The largest absolute Gasteiger partial charge is 0.457 e. The minimum atomic E-state index is -4.46. The summed E-state index contributed by atoms with van der Waals surface area (Å²) in [7, 11) is 0. The van der Waals surface area contributed by atoms with Crippen LogP contribution in [0.2, 0.25) is 0 Å². The predicted molar refractivity (Wildman–Crippen MR) is 101 cm³/mol. The molecule has 0 aliphatic rings. The van der Waals surface area contributed by atoms with Gasteiger partial charge < -0.3 is 9.73 Å². The number of furan rings is 1. The lowest BCUT2D eigenvalue weighted by molar-refractivity contribution is -0.137. The van der Waals surface area contributed by atoms with E-state index in [1.807, 2.05) is 30.3 Å². The van der Waals surface area contributed by atoms with Crippen LogP contribution in [0.25, 0.3) is 17.4 Å². The van der Waals surface area contributed by atoms with Gasteiger partial charge in [0.2, 0.25) is 0 Å². The maximum atomic E-state index is 12.9. The first kappa shape index (κ1) is 20.0. The number of rotatable bonds is 5. The zero-order valence-corrected chi connectivity index (χ0v) is 15.0. The van der Waals surface area contributed by atoms with E-state index < -0.39 is 17.6 Å². The van der Waals surface area contributed by atoms with Crippen LogP contribution >= 0.6 is 0 Å². The molecule has 0 bridgehead atoms. The Balaban J connectivity index is 1.76. The standard InChI is InChI=1S/C22H15F3N2O2/c23-22(24,25)18-8-4-7-16(11-18)20-10-9-19(29-20)12-17(13-26)21(28)27-14-15-5-2-1-3-6-15/h1-12H,14H2,(H,27,28). The zero-order valence-electron chi connectivity index (χ0n) is 15.0. The lowest BCUT2D eigenvalue weighted by Crippen LogP contribution is -2.23. The third kappa shape index (κ3) is 5.14. The summed E-state index contributed by atoms with van der Waals surface area (Å²) in [6, 6.07) is 18.7. The summed E-state index contributed by atoms with van der Waals surface area (Å²) >= 11 is 0. The molecular weight excluding hydrogens is 381 g/mol. The second kappa shape index (κ2) is 8.48. The van der Waals surface area contributed by atoms with Crippen molar-refractivity contribution in [1.82, 2.24) is 5.32 Å². The van der Waals surface area contributed by atoms with Gasteiger partial charge in [-0.05, 0) is 29.8 Å². The van der Waals surface area contributed by atoms with Crippen molar-refractivity contribution in [2.24, 2.45) is 0 Å². The maximum Gasteiger partial charge on any atom is 0.416 e. The molecule has 0 saturated carbocycles. The van der Waals surface area contributed by atoms with Crippen LogP contribution in [0.1, 0.15) is 16.9 Å². The highest BCUT2D eigenvalue weighted by molar-refractivity contribution is 6.01. The van der Waals surface area contributed by atoms with Gasteiger partial charge in [0.15, 0.2) is 0 Å². The highest BCUT2D eigenvalue weighted by Gasteiger charge is 2.30. The molecule has 3 rings (SSSR count). The number of carbonyl (C=O) groups excluding carboxylic acids is 1. The van der Waals surface area contributed by atoms with Crippen molar-refractivity contribution >= 4 is 12.0 Å². The van der Waals surface area contributed by atoms with Gasteiger partial charge in [-0.3, -0.25) is 4.79 Å². The van der Waals surface area contributed by atoms with E-state index in [1.165, 1.54) is 30.3 Å². The molecule has 0 spiro atoms. The number of nitrogens with one attached hydrogen (secondary N) is 1. The Bertz CT molecular complexity index is 1080. The van der Waals surface area contributed by atoms with Crippen LogP contribution in [0, 0.1) is 11.3 Å². The topological polar surface area (TPSA) is 66.0 Å². The van der Waals surface area contributed by atoms with Gasteiger partial charge in [0.25, 0.3) is 5.91 Å².